The van der Waals surface area contributed by atoms with Crippen molar-refractivity contribution in [2.24, 2.45) is 5.73 Å². The number of rotatable bonds is 5. The number of hydrogen-bond donors (Lipinski definition) is 3. The van der Waals surface area contributed by atoms with Gasteiger partial charge >= 0.3 is 0 Å². The van der Waals surface area contributed by atoms with E-state index in [-0.39, 0.29) is 0 Å². The second-order valence-electron chi connectivity index (χ2n) is 4.56. The molecule has 0 spiro atoms. The number of nitrogens with two attached hydrogens (primary N) is 1. The summed E-state index contributed by atoms with van der Waals surface area (Å²) in [6.07, 6.45) is 3.56. The lowest BCUT2D eigenvalue weighted by atomic mass is 10.1. The molecule has 1 aromatic rings. The number of carbonyl (C=O) groups is 1. The predicted octanol–water partition coefficient (Wildman–Crippen LogP) is 2.10. The number of nitrogens with one attached hydrogen (secondary N) is 2. The third-order valence-corrected chi connectivity index (χ3v) is 3.71. The normalized spacial score (nSPS) is 18.8. The Balaban J connectivity index is 1.94. The van der Waals surface area contributed by atoms with E-state index in [1.165, 1.54) is 12.8 Å². The molecule has 0 unspecified atom stereocenters. The Kier molecular flexibility index (Phi) is 4.60. The molecule has 18 heavy (non-hydrogen) atoms. The number of carbonyl (C=O) groups excluding carboxylic acids is 1. The monoisotopic (exact) mass is 311 g/mol. The van der Waals surface area contributed by atoms with Crippen molar-refractivity contribution in [2.45, 2.75) is 25.3 Å². The van der Waals surface area contributed by atoms with E-state index in [9.17, 15) is 4.79 Å². The van der Waals surface area contributed by atoms with Gasteiger partial charge in [0.05, 0.1) is 5.56 Å². The van der Waals surface area contributed by atoms with E-state index in [4.69, 9.17) is 5.73 Å². The maximum absolute atomic E-state index is 11.3. The summed E-state index contributed by atoms with van der Waals surface area (Å²) in [6.45, 7) is 1.96. The predicted molar refractivity (Wildman–Crippen MR) is 76.8 cm³/mol. The molecule has 0 bridgehead atoms. The standard InChI is InChI=1S/C13H18BrN3O/c14-9-3-4-11(13(15)18)12(8-9)17-7-5-10-2-1-6-16-10/h3-4,8,10,16-17H,1-2,5-7H2,(H2,15,18)/t10-/m1/s1. The van der Waals surface area contributed by atoms with E-state index < -0.39 is 5.91 Å². The Bertz CT molecular complexity index is 430. The molecule has 1 atom stereocenters. The molecular formula is C13H18BrN3O. The molecule has 4 nitrogen and oxygen atoms in total. The number of hydrogen-bond acceptors (Lipinski definition) is 3. The molecule has 0 aromatic heterocycles. The Morgan fingerprint density at radius 1 is 1.56 bits per heavy atom. The third-order valence-electron chi connectivity index (χ3n) is 3.22. The van der Waals surface area contributed by atoms with Gasteiger partial charge in [0.2, 0.25) is 0 Å². The Morgan fingerprint density at radius 3 is 3.06 bits per heavy atom. The second-order valence-corrected chi connectivity index (χ2v) is 5.48. The van der Waals surface area contributed by atoms with Gasteiger partial charge in [-0.15, -0.1) is 0 Å². The van der Waals surface area contributed by atoms with Gasteiger partial charge in [-0.3, -0.25) is 4.79 Å². The first-order chi connectivity index (χ1) is 8.66. The van der Waals surface area contributed by atoms with Crippen LogP contribution in [0.25, 0.3) is 0 Å². The minimum atomic E-state index is -0.399. The molecule has 1 aliphatic rings. The quantitative estimate of drug-likeness (QED) is 0.780. The van der Waals surface area contributed by atoms with Crippen LogP contribution in [0.1, 0.15) is 29.6 Å². The molecule has 1 fully saturated rings. The van der Waals surface area contributed by atoms with Crippen LogP contribution < -0.4 is 16.4 Å². The van der Waals surface area contributed by atoms with Crippen LogP contribution in [-0.2, 0) is 0 Å². The van der Waals surface area contributed by atoms with Gasteiger partial charge in [-0.25, -0.2) is 0 Å². The fourth-order valence-corrected chi connectivity index (χ4v) is 2.62. The fourth-order valence-electron chi connectivity index (χ4n) is 2.26. The van der Waals surface area contributed by atoms with Crippen LogP contribution >= 0.6 is 15.9 Å². The maximum atomic E-state index is 11.3. The Morgan fingerprint density at radius 2 is 2.39 bits per heavy atom. The zero-order valence-corrected chi connectivity index (χ0v) is 11.8. The first-order valence-electron chi connectivity index (χ1n) is 6.23. The molecule has 0 radical (unpaired) electrons. The number of halogens is 1. The Labute approximate surface area is 115 Å². The van der Waals surface area contributed by atoms with Gasteiger partial charge < -0.3 is 16.4 Å². The topological polar surface area (TPSA) is 67.2 Å². The van der Waals surface area contributed by atoms with Crippen molar-refractivity contribution >= 4 is 27.5 Å². The number of anilines is 1. The van der Waals surface area contributed by atoms with Crippen LogP contribution in [0.15, 0.2) is 22.7 Å². The van der Waals surface area contributed by atoms with Gasteiger partial charge in [0.25, 0.3) is 5.91 Å². The second kappa shape index (κ2) is 6.20. The SMILES string of the molecule is NC(=O)c1ccc(Br)cc1NCC[C@H]1CCCN1. The van der Waals surface area contributed by atoms with Gasteiger partial charge in [-0.1, -0.05) is 15.9 Å². The summed E-state index contributed by atoms with van der Waals surface area (Å²) < 4.78 is 0.939. The summed E-state index contributed by atoms with van der Waals surface area (Å²) >= 11 is 3.40. The van der Waals surface area contributed by atoms with Crippen molar-refractivity contribution in [2.75, 3.05) is 18.4 Å². The van der Waals surface area contributed by atoms with Crippen molar-refractivity contribution in [1.29, 1.82) is 0 Å². The molecule has 2 rings (SSSR count). The van der Waals surface area contributed by atoms with E-state index in [2.05, 4.69) is 26.6 Å². The van der Waals surface area contributed by atoms with E-state index >= 15 is 0 Å². The maximum Gasteiger partial charge on any atom is 0.250 e. The summed E-state index contributed by atoms with van der Waals surface area (Å²) in [6, 6.07) is 6.05. The molecule has 0 aliphatic carbocycles. The van der Waals surface area contributed by atoms with Crippen molar-refractivity contribution in [1.82, 2.24) is 5.32 Å². The summed E-state index contributed by atoms with van der Waals surface area (Å²) in [4.78, 5) is 11.3. The van der Waals surface area contributed by atoms with Gasteiger partial charge in [-0.2, -0.15) is 0 Å². The summed E-state index contributed by atoms with van der Waals surface area (Å²) in [5.41, 5.74) is 6.69. The van der Waals surface area contributed by atoms with Crippen LogP contribution in [0.3, 0.4) is 0 Å². The number of amides is 1. The molecule has 98 valence electrons. The summed E-state index contributed by atoms with van der Waals surface area (Å²) in [7, 11) is 0. The number of benzene rings is 1. The molecule has 1 amide bonds. The lowest BCUT2D eigenvalue weighted by molar-refractivity contribution is 0.100. The zero-order chi connectivity index (χ0) is 13.0. The Hall–Kier alpha value is -1.07. The van der Waals surface area contributed by atoms with E-state index in [0.29, 0.717) is 11.6 Å². The van der Waals surface area contributed by atoms with Gasteiger partial charge in [-0.05, 0) is 44.0 Å². The lowest BCUT2D eigenvalue weighted by Gasteiger charge is -2.13. The average Bonchev–Trinajstić information content (AvgIpc) is 2.82. The van der Waals surface area contributed by atoms with Crippen LogP contribution in [0.2, 0.25) is 0 Å². The van der Waals surface area contributed by atoms with E-state index in [0.717, 1.165) is 29.7 Å². The largest absolute Gasteiger partial charge is 0.384 e. The van der Waals surface area contributed by atoms with E-state index in [1.807, 2.05) is 12.1 Å². The molecular weight excluding hydrogens is 294 g/mol. The molecule has 4 N–H and O–H groups in total. The molecule has 1 saturated heterocycles. The van der Waals surface area contributed by atoms with Crippen molar-refractivity contribution in [3.05, 3.63) is 28.2 Å². The minimum absolute atomic E-state index is 0.399. The average molecular weight is 312 g/mol. The summed E-state index contributed by atoms with van der Waals surface area (Å²) in [5, 5.41) is 6.74. The van der Waals surface area contributed by atoms with Crippen molar-refractivity contribution in [3.63, 3.8) is 0 Å². The zero-order valence-electron chi connectivity index (χ0n) is 10.2. The highest BCUT2D eigenvalue weighted by molar-refractivity contribution is 9.10. The van der Waals surface area contributed by atoms with Crippen molar-refractivity contribution < 1.29 is 4.79 Å². The highest BCUT2D eigenvalue weighted by atomic mass is 79.9. The number of primary amides is 1. The van der Waals surface area contributed by atoms with E-state index in [1.54, 1.807) is 6.07 Å². The molecule has 5 heteroatoms. The highest BCUT2D eigenvalue weighted by Crippen LogP contribution is 2.21. The minimum Gasteiger partial charge on any atom is -0.384 e. The summed E-state index contributed by atoms with van der Waals surface area (Å²) in [5.74, 6) is -0.399. The van der Waals surface area contributed by atoms with Gasteiger partial charge in [0, 0.05) is 22.7 Å². The first-order valence-corrected chi connectivity index (χ1v) is 7.03. The first kappa shape index (κ1) is 13.4. The van der Waals surface area contributed by atoms with Crippen molar-refractivity contribution in [3.8, 4) is 0 Å². The fraction of sp³-hybridized carbons (Fsp3) is 0.462. The third kappa shape index (κ3) is 3.46. The molecule has 0 saturated carbocycles. The van der Waals surface area contributed by atoms with Crippen LogP contribution in [0.5, 0.6) is 0 Å². The van der Waals surface area contributed by atoms with Crippen LogP contribution in [-0.4, -0.2) is 25.0 Å². The highest BCUT2D eigenvalue weighted by Gasteiger charge is 2.14. The molecule has 1 aromatic carbocycles. The van der Waals surface area contributed by atoms with Crippen LogP contribution in [0.4, 0.5) is 5.69 Å². The van der Waals surface area contributed by atoms with Gasteiger partial charge in [0.1, 0.15) is 0 Å². The smallest absolute Gasteiger partial charge is 0.250 e. The van der Waals surface area contributed by atoms with Gasteiger partial charge in [0.15, 0.2) is 0 Å². The lowest BCUT2D eigenvalue weighted by Crippen LogP contribution is -2.24. The van der Waals surface area contributed by atoms with Crippen LogP contribution in [0, 0.1) is 0 Å². The molecule has 1 aliphatic heterocycles. The molecule has 1 heterocycles.